The van der Waals surface area contributed by atoms with Gasteiger partial charge >= 0.3 is 8.41 Å². The second-order valence-electron chi connectivity index (χ2n) is 3.02. The molecule has 0 saturated carbocycles. The van der Waals surface area contributed by atoms with Crippen LogP contribution in [0.3, 0.4) is 0 Å². The van der Waals surface area contributed by atoms with Crippen LogP contribution in [0.2, 0.25) is 0 Å². The number of hydrogen-bond donors (Lipinski definition) is 0. The Morgan fingerprint density at radius 3 is 1.08 bits per heavy atom. The van der Waals surface area contributed by atoms with Gasteiger partial charge in [-0.25, -0.2) is 0 Å². The molecule has 0 aliphatic heterocycles. The maximum atomic E-state index is 2.46. The molecule has 0 fully saturated rings. The normalized spacial score (nSPS) is 8.31. The summed E-state index contributed by atoms with van der Waals surface area (Å²) in [6.07, 6.45) is 0. The minimum Gasteiger partial charge on any atom is -1.00 e. The molecule has 0 bridgehead atoms. The van der Waals surface area contributed by atoms with E-state index in [0.29, 0.717) is 12.1 Å². The van der Waals surface area contributed by atoms with Crippen molar-refractivity contribution in [2.24, 2.45) is 0 Å². The zero-order valence-electron chi connectivity index (χ0n) is 9.02. The fourth-order valence-corrected chi connectivity index (χ4v) is 1.33. The van der Waals surface area contributed by atoms with Crippen LogP contribution in [0.5, 0.6) is 0 Å². The monoisotopic (exact) mass is 197 g/mol. The van der Waals surface area contributed by atoms with Gasteiger partial charge in [0, 0.05) is 12.1 Å². The van der Waals surface area contributed by atoms with Gasteiger partial charge in [0.25, 0.3) is 0 Å². The Morgan fingerprint density at radius 1 is 0.846 bits per heavy atom. The summed E-state index contributed by atoms with van der Waals surface area (Å²) in [5.41, 5.74) is 0. The molecule has 0 radical (unpaired) electrons. The Balaban J connectivity index is -0.0000000533. The molecule has 1 nitrogen and oxygen atoms in total. The van der Waals surface area contributed by atoms with Crippen molar-refractivity contribution in [3.8, 4) is 0 Å². The molecule has 13 heavy (non-hydrogen) atoms. The molecule has 0 aliphatic rings. The fourth-order valence-electron chi connectivity index (χ4n) is 1.33. The van der Waals surface area contributed by atoms with E-state index in [1.807, 2.05) is 0 Å². The summed E-state index contributed by atoms with van der Waals surface area (Å²) < 4.78 is 0. The van der Waals surface area contributed by atoms with Crippen LogP contribution in [0.4, 0.5) is 0 Å². The number of halogens is 3. The van der Waals surface area contributed by atoms with Crippen molar-refractivity contribution in [1.82, 2.24) is 4.90 Å². The van der Waals surface area contributed by atoms with Crippen molar-refractivity contribution < 1.29 is 14.1 Å². The molecule has 0 heterocycles. The summed E-state index contributed by atoms with van der Waals surface area (Å²) in [4.78, 5) is 2.46. The molecule has 0 N–H and O–H groups in total. The second-order valence-corrected chi connectivity index (χ2v) is 3.02. The van der Waals surface area contributed by atoms with Crippen LogP contribution >= 0.6 is 0 Å². The smallest absolute Gasteiger partial charge is 1.00 e. The van der Waals surface area contributed by atoms with Crippen LogP contribution < -0.4 is 14.1 Å². The van der Waals surface area contributed by atoms with E-state index in [9.17, 15) is 0 Å². The third kappa shape index (κ3) is 11.8. The van der Waals surface area contributed by atoms with Gasteiger partial charge in [0.05, 0.1) is 0 Å². The first-order valence-corrected chi connectivity index (χ1v) is 3.85. The van der Waals surface area contributed by atoms with Gasteiger partial charge in [0.15, 0.2) is 0 Å². The average Bonchev–Trinajstić information content (AvgIpc) is 1.64. The third-order valence-corrected chi connectivity index (χ3v) is 1.69. The first kappa shape index (κ1) is 29.3. The van der Waals surface area contributed by atoms with E-state index in [2.05, 4.69) is 39.5 Å². The number of nitrogens with zero attached hydrogens (tertiary/aromatic N) is 1. The van der Waals surface area contributed by atoms with E-state index in [4.69, 9.17) is 0 Å². The summed E-state index contributed by atoms with van der Waals surface area (Å²) in [7, 11) is 0. The molecule has 0 rings (SSSR count). The van der Waals surface area contributed by atoms with Crippen LogP contribution in [-0.4, -0.2) is 31.9 Å². The van der Waals surface area contributed by atoms with E-state index in [0.717, 1.165) is 6.54 Å². The van der Waals surface area contributed by atoms with Crippen LogP contribution in [-0.2, 0) is 0 Å². The van der Waals surface area contributed by atoms with Gasteiger partial charge in [0.1, 0.15) is 0 Å². The molecule has 0 atom stereocenters. The SMILES string of the molecule is CCN(C(C)C)C(C)C.[B+3].[F-].[F-].[F-]. The van der Waals surface area contributed by atoms with Crippen molar-refractivity contribution >= 4 is 8.41 Å². The molecule has 0 unspecified atom stereocenters. The molecule has 0 aromatic rings. The van der Waals surface area contributed by atoms with E-state index < -0.39 is 0 Å². The molecule has 0 spiro atoms. The van der Waals surface area contributed by atoms with Crippen molar-refractivity contribution in [3.63, 3.8) is 0 Å². The first-order valence-electron chi connectivity index (χ1n) is 3.85. The van der Waals surface area contributed by atoms with Crippen LogP contribution in [0.1, 0.15) is 34.6 Å². The van der Waals surface area contributed by atoms with Crippen LogP contribution in [0.15, 0.2) is 0 Å². The average molecular weight is 197 g/mol. The summed E-state index contributed by atoms with van der Waals surface area (Å²) in [6, 6.07) is 1.38. The molecule has 0 saturated heterocycles. The van der Waals surface area contributed by atoms with Gasteiger partial charge in [-0.3, -0.25) is 4.90 Å². The Hall–Kier alpha value is -0.185. The first-order chi connectivity index (χ1) is 4.09. The molecular weight excluding hydrogens is 178 g/mol. The van der Waals surface area contributed by atoms with Crippen molar-refractivity contribution in [1.29, 1.82) is 0 Å². The summed E-state index contributed by atoms with van der Waals surface area (Å²) >= 11 is 0. The molecule has 5 heteroatoms. The summed E-state index contributed by atoms with van der Waals surface area (Å²) in [5.74, 6) is 0. The van der Waals surface area contributed by atoms with Crippen molar-refractivity contribution in [2.75, 3.05) is 6.54 Å². The Kier molecular flexibility index (Phi) is 32.3. The Bertz CT molecular complexity index is 73.8. The van der Waals surface area contributed by atoms with Gasteiger partial charge in [-0.2, -0.15) is 0 Å². The van der Waals surface area contributed by atoms with Crippen LogP contribution in [0, 0.1) is 0 Å². The van der Waals surface area contributed by atoms with Gasteiger partial charge in [-0.05, 0) is 34.2 Å². The minimum atomic E-state index is 0. The molecular formula is C8H19BF3N. The quantitative estimate of drug-likeness (QED) is 0.406. The molecule has 80 valence electrons. The molecule has 0 aromatic carbocycles. The number of rotatable bonds is 3. The molecule has 0 aromatic heterocycles. The molecule has 0 aliphatic carbocycles. The fraction of sp³-hybridized carbons (Fsp3) is 1.00. The van der Waals surface area contributed by atoms with Gasteiger partial charge in [-0.15, -0.1) is 0 Å². The van der Waals surface area contributed by atoms with Gasteiger partial charge in [0.2, 0.25) is 0 Å². The minimum absolute atomic E-state index is 0. The second kappa shape index (κ2) is 14.3. The van der Waals surface area contributed by atoms with Gasteiger partial charge < -0.3 is 14.1 Å². The Morgan fingerprint density at radius 2 is 1.08 bits per heavy atom. The zero-order chi connectivity index (χ0) is 7.44. The van der Waals surface area contributed by atoms with E-state index in [1.165, 1.54) is 0 Å². The maximum Gasteiger partial charge on any atom is 3.00 e. The van der Waals surface area contributed by atoms with Gasteiger partial charge in [-0.1, -0.05) is 6.92 Å². The summed E-state index contributed by atoms with van der Waals surface area (Å²) in [6.45, 7) is 12.3. The number of hydrogen-bond acceptors (Lipinski definition) is 1. The predicted molar refractivity (Wildman–Crippen MR) is 48.4 cm³/mol. The van der Waals surface area contributed by atoms with E-state index in [1.54, 1.807) is 0 Å². The maximum absolute atomic E-state index is 2.46. The standard InChI is InChI=1S/C8H19N.B.3FH/c1-6-9(7(2)3)8(4)5;;;;/h7-8H,6H2,1-5H3;;3*1H/q;+3;;;/p-3. The Labute approximate surface area is 81.6 Å². The molecule has 0 amide bonds. The zero-order valence-corrected chi connectivity index (χ0v) is 9.02. The summed E-state index contributed by atoms with van der Waals surface area (Å²) in [5, 5.41) is 0. The largest absolute Gasteiger partial charge is 3.00 e. The van der Waals surface area contributed by atoms with E-state index >= 15 is 0 Å². The topological polar surface area (TPSA) is 3.24 Å². The van der Waals surface area contributed by atoms with E-state index in [-0.39, 0.29) is 22.5 Å². The van der Waals surface area contributed by atoms with Crippen molar-refractivity contribution in [2.45, 2.75) is 46.7 Å². The van der Waals surface area contributed by atoms with Crippen molar-refractivity contribution in [3.05, 3.63) is 0 Å². The van der Waals surface area contributed by atoms with Crippen LogP contribution in [0.25, 0.3) is 0 Å². The third-order valence-electron chi connectivity index (χ3n) is 1.69. The predicted octanol–water partition coefficient (Wildman–Crippen LogP) is -7.24.